The molecule has 0 aromatic carbocycles. The topological polar surface area (TPSA) is 0 Å². The van der Waals surface area contributed by atoms with Crippen LogP contribution in [0.3, 0.4) is 0 Å². The van der Waals surface area contributed by atoms with E-state index in [-0.39, 0.29) is 0 Å². The summed E-state index contributed by atoms with van der Waals surface area (Å²) in [5.74, 6) is 0.866. The standard InChI is InChI=1S/C9H16/c1-7-5-8(7)6-9(2,3)4/h8H,1,5-6H2,2-4H3. The molecule has 1 rings (SSSR count). The van der Waals surface area contributed by atoms with Crippen LogP contribution >= 0.6 is 0 Å². The van der Waals surface area contributed by atoms with Gasteiger partial charge in [0.2, 0.25) is 0 Å². The van der Waals surface area contributed by atoms with Crippen LogP contribution in [0.1, 0.15) is 33.6 Å². The molecule has 0 radical (unpaired) electrons. The summed E-state index contributed by atoms with van der Waals surface area (Å²) >= 11 is 0. The van der Waals surface area contributed by atoms with E-state index in [0.29, 0.717) is 5.41 Å². The van der Waals surface area contributed by atoms with E-state index in [9.17, 15) is 0 Å². The van der Waals surface area contributed by atoms with Crippen LogP contribution < -0.4 is 0 Å². The van der Waals surface area contributed by atoms with Crippen LogP contribution in [0.15, 0.2) is 12.2 Å². The molecule has 9 heavy (non-hydrogen) atoms. The predicted octanol–water partition coefficient (Wildman–Crippen LogP) is 3.00. The quantitative estimate of drug-likeness (QED) is 0.471. The maximum Gasteiger partial charge on any atom is -0.0163 e. The fraction of sp³-hybridized carbons (Fsp3) is 0.778. The van der Waals surface area contributed by atoms with Crippen LogP contribution in [0, 0.1) is 11.3 Å². The monoisotopic (exact) mass is 124 g/mol. The van der Waals surface area contributed by atoms with Gasteiger partial charge in [-0.25, -0.2) is 0 Å². The van der Waals surface area contributed by atoms with Gasteiger partial charge in [-0.2, -0.15) is 0 Å². The molecule has 1 aliphatic carbocycles. The maximum absolute atomic E-state index is 3.93. The highest BCUT2D eigenvalue weighted by Gasteiger charge is 2.31. The van der Waals surface area contributed by atoms with Gasteiger partial charge in [-0.05, 0) is 24.2 Å². The summed E-state index contributed by atoms with van der Waals surface area (Å²) in [5.41, 5.74) is 1.97. The van der Waals surface area contributed by atoms with Gasteiger partial charge < -0.3 is 0 Å². The molecule has 0 saturated heterocycles. The summed E-state index contributed by atoms with van der Waals surface area (Å²) in [7, 11) is 0. The van der Waals surface area contributed by atoms with Crippen molar-refractivity contribution in [2.45, 2.75) is 33.6 Å². The van der Waals surface area contributed by atoms with Gasteiger partial charge in [0, 0.05) is 0 Å². The second-order valence-corrected chi connectivity index (χ2v) is 4.32. The fourth-order valence-electron chi connectivity index (χ4n) is 1.21. The number of rotatable bonds is 1. The molecule has 0 amide bonds. The molecule has 1 saturated carbocycles. The molecule has 1 unspecified atom stereocenters. The molecule has 0 aromatic rings. The summed E-state index contributed by atoms with van der Waals surface area (Å²) in [5, 5.41) is 0. The van der Waals surface area contributed by atoms with Gasteiger partial charge in [-0.1, -0.05) is 32.9 Å². The minimum atomic E-state index is 0.504. The molecule has 52 valence electrons. The molecular weight excluding hydrogens is 108 g/mol. The molecule has 1 aliphatic rings. The first-order valence-electron chi connectivity index (χ1n) is 3.67. The van der Waals surface area contributed by atoms with Crippen molar-refractivity contribution in [3.63, 3.8) is 0 Å². The lowest BCUT2D eigenvalue weighted by Gasteiger charge is -2.16. The highest BCUT2D eigenvalue weighted by molar-refractivity contribution is 5.18. The van der Waals surface area contributed by atoms with Gasteiger partial charge in [-0.3, -0.25) is 0 Å². The Kier molecular flexibility index (Phi) is 1.42. The van der Waals surface area contributed by atoms with E-state index in [2.05, 4.69) is 27.4 Å². The molecule has 1 fully saturated rings. The predicted molar refractivity (Wildman–Crippen MR) is 41.3 cm³/mol. The van der Waals surface area contributed by atoms with Crippen molar-refractivity contribution in [1.29, 1.82) is 0 Å². The Morgan fingerprint density at radius 3 is 2.11 bits per heavy atom. The number of allylic oxidation sites excluding steroid dienone is 1. The third kappa shape index (κ3) is 2.21. The lowest BCUT2D eigenvalue weighted by Crippen LogP contribution is -2.05. The van der Waals surface area contributed by atoms with Gasteiger partial charge >= 0.3 is 0 Å². The minimum Gasteiger partial charge on any atom is -0.0995 e. The summed E-state index contributed by atoms with van der Waals surface area (Å²) in [6, 6.07) is 0. The van der Waals surface area contributed by atoms with Crippen molar-refractivity contribution in [2.24, 2.45) is 11.3 Å². The van der Waals surface area contributed by atoms with Crippen molar-refractivity contribution in [3.05, 3.63) is 12.2 Å². The highest BCUT2D eigenvalue weighted by atomic mass is 14.4. The average molecular weight is 124 g/mol. The first kappa shape index (κ1) is 6.85. The summed E-state index contributed by atoms with van der Waals surface area (Å²) in [6.07, 6.45) is 2.61. The van der Waals surface area contributed by atoms with Gasteiger partial charge in [0.05, 0.1) is 0 Å². The van der Waals surface area contributed by atoms with Gasteiger partial charge in [0.15, 0.2) is 0 Å². The molecule has 0 spiro atoms. The van der Waals surface area contributed by atoms with E-state index < -0.39 is 0 Å². The van der Waals surface area contributed by atoms with Crippen molar-refractivity contribution in [1.82, 2.24) is 0 Å². The van der Waals surface area contributed by atoms with E-state index in [1.807, 2.05) is 0 Å². The van der Waals surface area contributed by atoms with Crippen LogP contribution in [-0.2, 0) is 0 Å². The molecule has 1 atom stereocenters. The first-order valence-corrected chi connectivity index (χ1v) is 3.67. The fourth-order valence-corrected chi connectivity index (χ4v) is 1.21. The Labute approximate surface area is 58.0 Å². The summed E-state index contributed by atoms with van der Waals surface area (Å²) in [4.78, 5) is 0. The third-order valence-electron chi connectivity index (χ3n) is 1.78. The smallest absolute Gasteiger partial charge is 0.0163 e. The largest absolute Gasteiger partial charge is 0.0995 e. The molecular formula is C9H16. The van der Waals surface area contributed by atoms with Crippen molar-refractivity contribution in [3.8, 4) is 0 Å². The summed E-state index contributed by atoms with van der Waals surface area (Å²) in [6.45, 7) is 10.8. The van der Waals surface area contributed by atoms with E-state index >= 15 is 0 Å². The molecule has 0 N–H and O–H groups in total. The van der Waals surface area contributed by atoms with E-state index in [4.69, 9.17) is 0 Å². The van der Waals surface area contributed by atoms with Crippen LogP contribution in [-0.4, -0.2) is 0 Å². The van der Waals surface area contributed by atoms with E-state index in [1.165, 1.54) is 18.4 Å². The van der Waals surface area contributed by atoms with Gasteiger partial charge in [0.1, 0.15) is 0 Å². The SMILES string of the molecule is C=C1CC1CC(C)(C)C. The molecule has 0 heteroatoms. The number of hydrogen-bond donors (Lipinski definition) is 0. The Bertz CT molecular complexity index is 125. The molecule has 0 aliphatic heterocycles. The van der Waals surface area contributed by atoms with Crippen molar-refractivity contribution < 1.29 is 0 Å². The Hall–Kier alpha value is -0.260. The third-order valence-corrected chi connectivity index (χ3v) is 1.78. The van der Waals surface area contributed by atoms with Gasteiger partial charge in [0.25, 0.3) is 0 Å². The van der Waals surface area contributed by atoms with Crippen LogP contribution in [0.25, 0.3) is 0 Å². The molecule has 0 bridgehead atoms. The molecule has 0 heterocycles. The van der Waals surface area contributed by atoms with Gasteiger partial charge in [-0.15, -0.1) is 0 Å². The summed E-state index contributed by atoms with van der Waals surface area (Å²) < 4.78 is 0. The van der Waals surface area contributed by atoms with E-state index in [0.717, 1.165) is 5.92 Å². The second kappa shape index (κ2) is 1.86. The average Bonchev–Trinajstić information content (AvgIpc) is 2.13. The lowest BCUT2D eigenvalue weighted by molar-refractivity contribution is 0.359. The van der Waals surface area contributed by atoms with Crippen molar-refractivity contribution >= 4 is 0 Å². The number of hydrogen-bond acceptors (Lipinski definition) is 0. The Morgan fingerprint density at radius 1 is 1.56 bits per heavy atom. The molecule has 0 aromatic heterocycles. The van der Waals surface area contributed by atoms with Crippen LogP contribution in [0.5, 0.6) is 0 Å². The minimum absolute atomic E-state index is 0.504. The Balaban J connectivity index is 2.27. The second-order valence-electron chi connectivity index (χ2n) is 4.32. The lowest BCUT2D eigenvalue weighted by atomic mass is 9.89. The maximum atomic E-state index is 3.93. The van der Waals surface area contributed by atoms with E-state index in [1.54, 1.807) is 0 Å². The normalized spacial score (nSPS) is 26.6. The zero-order valence-corrected chi connectivity index (χ0v) is 6.70. The highest BCUT2D eigenvalue weighted by Crippen LogP contribution is 2.43. The first-order chi connectivity index (χ1) is 3.99. The zero-order chi connectivity index (χ0) is 7.07. The van der Waals surface area contributed by atoms with Crippen LogP contribution in [0.4, 0.5) is 0 Å². The zero-order valence-electron chi connectivity index (χ0n) is 6.70. The van der Waals surface area contributed by atoms with Crippen molar-refractivity contribution in [2.75, 3.05) is 0 Å². The molecule has 0 nitrogen and oxygen atoms in total. The van der Waals surface area contributed by atoms with Crippen LogP contribution in [0.2, 0.25) is 0 Å². The Morgan fingerprint density at radius 2 is 2.00 bits per heavy atom.